The molecular weight excluding hydrogens is 220 g/mol. The first kappa shape index (κ1) is 14.3. The van der Waals surface area contributed by atoms with Crippen molar-refractivity contribution in [1.82, 2.24) is 10.2 Å². The van der Waals surface area contributed by atoms with Crippen LogP contribution in [-0.4, -0.2) is 55.0 Å². The van der Waals surface area contributed by atoms with Crippen molar-refractivity contribution in [2.24, 2.45) is 0 Å². The van der Waals surface area contributed by atoms with Gasteiger partial charge in [0.05, 0.1) is 18.2 Å². The van der Waals surface area contributed by atoms with Gasteiger partial charge >= 0.3 is 6.03 Å². The molecule has 17 heavy (non-hydrogen) atoms. The van der Waals surface area contributed by atoms with Crippen LogP contribution in [0.3, 0.4) is 0 Å². The molecule has 3 atom stereocenters. The second kappa shape index (κ2) is 6.81. The second-order valence-electron chi connectivity index (χ2n) is 4.84. The number of methoxy groups -OCH3 is 1. The highest BCUT2D eigenvalue weighted by atomic mass is 16.5. The number of ether oxygens (including phenoxy) is 1. The normalized spacial score (nSPS) is 26.4. The van der Waals surface area contributed by atoms with Crippen molar-refractivity contribution >= 4 is 6.03 Å². The average molecular weight is 244 g/mol. The topological polar surface area (TPSA) is 61.8 Å². The van der Waals surface area contributed by atoms with Gasteiger partial charge in [-0.2, -0.15) is 0 Å². The predicted octanol–water partition coefficient (Wildman–Crippen LogP) is 0.966. The number of hydrogen-bond donors (Lipinski definition) is 2. The lowest BCUT2D eigenvalue weighted by Gasteiger charge is -2.32. The molecule has 1 aliphatic rings. The minimum absolute atomic E-state index is 0.0951. The van der Waals surface area contributed by atoms with E-state index in [9.17, 15) is 9.90 Å². The average Bonchev–Trinajstić information content (AvgIpc) is 2.28. The molecule has 0 aromatic carbocycles. The fourth-order valence-corrected chi connectivity index (χ4v) is 2.29. The van der Waals surface area contributed by atoms with Crippen LogP contribution >= 0.6 is 0 Å². The minimum atomic E-state index is -0.504. The number of nitrogens with one attached hydrogen (secondary N) is 1. The monoisotopic (exact) mass is 244 g/mol. The lowest BCUT2D eigenvalue weighted by Crippen LogP contribution is -2.51. The molecule has 1 rings (SSSR count). The van der Waals surface area contributed by atoms with Crippen LogP contribution in [0.15, 0.2) is 0 Å². The maximum Gasteiger partial charge on any atom is 0.317 e. The molecule has 0 bridgehead atoms. The van der Waals surface area contributed by atoms with E-state index < -0.39 is 6.10 Å². The summed E-state index contributed by atoms with van der Waals surface area (Å²) in [5, 5.41) is 12.2. The number of carbonyl (C=O) groups is 1. The van der Waals surface area contributed by atoms with E-state index in [2.05, 4.69) is 5.32 Å². The first-order valence-corrected chi connectivity index (χ1v) is 6.27. The van der Waals surface area contributed by atoms with Crippen molar-refractivity contribution in [2.75, 3.05) is 20.7 Å². The van der Waals surface area contributed by atoms with E-state index in [4.69, 9.17) is 4.74 Å². The fraction of sp³-hybridized carbons (Fsp3) is 0.917. The second-order valence-corrected chi connectivity index (χ2v) is 4.84. The van der Waals surface area contributed by atoms with Crippen molar-refractivity contribution in [3.63, 3.8) is 0 Å². The van der Waals surface area contributed by atoms with Crippen LogP contribution < -0.4 is 5.32 Å². The lowest BCUT2D eigenvalue weighted by molar-refractivity contribution is 0.0427. The maximum atomic E-state index is 11.9. The molecule has 2 amide bonds. The van der Waals surface area contributed by atoms with E-state index >= 15 is 0 Å². The maximum absolute atomic E-state index is 11.9. The van der Waals surface area contributed by atoms with Crippen molar-refractivity contribution in [1.29, 1.82) is 0 Å². The van der Waals surface area contributed by atoms with Crippen LogP contribution in [0.1, 0.15) is 32.6 Å². The van der Waals surface area contributed by atoms with E-state index in [-0.39, 0.29) is 18.2 Å². The number of rotatable bonds is 4. The summed E-state index contributed by atoms with van der Waals surface area (Å²) in [6.07, 6.45) is 3.87. The third-order valence-electron chi connectivity index (χ3n) is 3.20. The van der Waals surface area contributed by atoms with Gasteiger partial charge in [0, 0.05) is 20.7 Å². The van der Waals surface area contributed by atoms with Gasteiger partial charge in [0.2, 0.25) is 0 Å². The Kier molecular flexibility index (Phi) is 5.71. The summed E-state index contributed by atoms with van der Waals surface area (Å²) in [6.45, 7) is 2.01. The molecule has 1 aliphatic carbocycles. The smallest absolute Gasteiger partial charge is 0.317 e. The molecule has 0 aromatic heterocycles. The van der Waals surface area contributed by atoms with E-state index in [1.165, 1.54) is 4.90 Å². The van der Waals surface area contributed by atoms with Gasteiger partial charge in [0.15, 0.2) is 0 Å². The summed E-state index contributed by atoms with van der Waals surface area (Å²) in [5.74, 6) is 0. The van der Waals surface area contributed by atoms with E-state index in [1.54, 1.807) is 21.1 Å². The van der Waals surface area contributed by atoms with Crippen molar-refractivity contribution in [3.05, 3.63) is 0 Å². The Morgan fingerprint density at radius 3 is 2.76 bits per heavy atom. The van der Waals surface area contributed by atoms with Crippen LogP contribution in [0.25, 0.3) is 0 Å². The molecule has 1 saturated carbocycles. The van der Waals surface area contributed by atoms with Gasteiger partial charge in [0.1, 0.15) is 0 Å². The van der Waals surface area contributed by atoms with Crippen molar-refractivity contribution in [2.45, 2.75) is 50.9 Å². The zero-order chi connectivity index (χ0) is 12.8. The lowest BCUT2D eigenvalue weighted by atomic mass is 9.92. The van der Waals surface area contributed by atoms with Gasteiger partial charge in [-0.05, 0) is 19.8 Å². The largest absolute Gasteiger partial charge is 0.392 e. The van der Waals surface area contributed by atoms with Gasteiger partial charge in [-0.1, -0.05) is 12.8 Å². The Hall–Kier alpha value is -0.810. The van der Waals surface area contributed by atoms with Gasteiger partial charge in [0.25, 0.3) is 0 Å². The molecule has 5 heteroatoms. The summed E-state index contributed by atoms with van der Waals surface area (Å²) in [7, 11) is 3.38. The van der Waals surface area contributed by atoms with Crippen LogP contribution in [-0.2, 0) is 4.74 Å². The van der Waals surface area contributed by atoms with E-state index in [0.29, 0.717) is 6.54 Å². The number of hydrogen-bond acceptors (Lipinski definition) is 3. The summed E-state index contributed by atoms with van der Waals surface area (Å²) >= 11 is 0. The first-order valence-electron chi connectivity index (χ1n) is 6.27. The number of amides is 2. The number of carbonyl (C=O) groups excluding carboxylic acids is 1. The molecule has 3 unspecified atom stereocenters. The van der Waals surface area contributed by atoms with Crippen LogP contribution in [0.4, 0.5) is 4.79 Å². The Bertz CT molecular complexity index is 246. The Labute approximate surface area is 103 Å². The zero-order valence-corrected chi connectivity index (χ0v) is 11.0. The van der Waals surface area contributed by atoms with E-state index in [1.807, 2.05) is 0 Å². The number of aliphatic hydroxyl groups is 1. The molecule has 0 saturated heterocycles. The number of urea groups is 1. The number of aliphatic hydroxyl groups excluding tert-OH is 1. The van der Waals surface area contributed by atoms with Gasteiger partial charge in [-0.25, -0.2) is 4.79 Å². The summed E-state index contributed by atoms with van der Waals surface area (Å²) in [5.41, 5.74) is 0. The number of likely N-dealkylation sites (N-methyl/N-ethyl adjacent to an activating group) is 1. The van der Waals surface area contributed by atoms with Crippen molar-refractivity contribution in [3.8, 4) is 0 Å². The van der Waals surface area contributed by atoms with Crippen molar-refractivity contribution < 1.29 is 14.6 Å². The molecule has 0 spiro atoms. The molecular formula is C12H24N2O3. The summed E-state index contributed by atoms with van der Waals surface area (Å²) in [6, 6.07) is -0.0439. The zero-order valence-electron chi connectivity index (χ0n) is 11.0. The molecule has 0 radical (unpaired) electrons. The predicted molar refractivity (Wildman–Crippen MR) is 65.9 cm³/mol. The molecule has 2 N–H and O–H groups in total. The standard InChI is InChI=1S/C12H24N2O3/c1-9(15)8-14(2)12(16)13-10-6-4-5-7-11(10)17-3/h9-11,15H,4-8H2,1-3H3,(H,13,16). The van der Waals surface area contributed by atoms with Crippen LogP contribution in [0.2, 0.25) is 0 Å². The summed E-state index contributed by atoms with van der Waals surface area (Å²) < 4.78 is 5.38. The molecule has 5 nitrogen and oxygen atoms in total. The highest BCUT2D eigenvalue weighted by Crippen LogP contribution is 2.20. The summed E-state index contributed by atoms with van der Waals surface area (Å²) in [4.78, 5) is 13.4. The van der Waals surface area contributed by atoms with Gasteiger partial charge in [-0.15, -0.1) is 0 Å². The Morgan fingerprint density at radius 1 is 1.53 bits per heavy atom. The molecule has 0 heterocycles. The third kappa shape index (κ3) is 4.52. The first-order chi connectivity index (χ1) is 8.04. The molecule has 0 aliphatic heterocycles. The van der Waals surface area contributed by atoms with Crippen LogP contribution in [0.5, 0.6) is 0 Å². The SMILES string of the molecule is COC1CCCCC1NC(=O)N(C)CC(C)O. The quantitative estimate of drug-likeness (QED) is 0.774. The number of nitrogens with zero attached hydrogens (tertiary/aromatic N) is 1. The highest BCUT2D eigenvalue weighted by molar-refractivity contribution is 5.74. The minimum Gasteiger partial charge on any atom is -0.392 e. The van der Waals surface area contributed by atoms with Gasteiger partial charge < -0.3 is 20.1 Å². The Balaban J connectivity index is 2.43. The fourth-order valence-electron chi connectivity index (χ4n) is 2.29. The third-order valence-corrected chi connectivity index (χ3v) is 3.20. The van der Waals surface area contributed by atoms with Gasteiger partial charge in [-0.3, -0.25) is 0 Å². The molecule has 1 fully saturated rings. The van der Waals surface area contributed by atoms with E-state index in [0.717, 1.165) is 25.7 Å². The highest BCUT2D eigenvalue weighted by Gasteiger charge is 2.27. The molecule has 100 valence electrons. The Morgan fingerprint density at radius 2 is 2.18 bits per heavy atom. The van der Waals surface area contributed by atoms with Crippen LogP contribution in [0, 0.1) is 0 Å². The molecule has 0 aromatic rings.